The normalized spacial score (nSPS) is 11.7. The Morgan fingerprint density at radius 1 is 1.00 bits per heavy atom. The molecule has 0 unspecified atom stereocenters. The number of anilines is 1. The van der Waals surface area contributed by atoms with Crippen molar-refractivity contribution in [2.24, 2.45) is 0 Å². The molecule has 1 N–H and O–H groups in total. The number of carbonyl (C=O) groups is 2. The molecule has 4 aromatic rings. The van der Waals surface area contributed by atoms with Gasteiger partial charge < -0.3 is 24.3 Å². The van der Waals surface area contributed by atoms with Gasteiger partial charge in [-0.05, 0) is 48.5 Å². The number of esters is 1. The zero-order chi connectivity index (χ0) is 25.6. The van der Waals surface area contributed by atoms with Gasteiger partial charge >= 0.3 is 5.97 Å². The van der Waals surface area contributed by atoms with E-state index in [0.29, 0.717) is 39.5 Å². The molecule has 3 aromatic carbocycles. The number of thioether (sulfide) groups is 1. The van der Waals surface area contributed by atoms with Crippen LogP contribution in [0, 0.1) is 0 Å². The number of hydrogen-bond donors (Lipinski definition) is 1. The maximum Gasteiger partial charge on any atom is 0.337 e. The number of amides is 1. The molecule has 1 amide bonds. The molecular formula is C26H22N4O6S. The fourth-order valence-corrected chi connectivity index (χ4v) is 4.34. The van der Waals surface area contributed by atoms with E-state index in [1.54, 1.807) is 42.5 Å². The molecule has 188 valence electrons. The van der Waals surface area contributed by atoms with Crippen molar-refractivity contribution in [3.63, 3.8) is 0 Å². The molecule has 0 fully saturated rings. The van der Waals surface area contributed by atoms with Gasteiger partial charge in [-0.3, -0.25) is 9.36 Å². The second-order valence-electron chi connectivity index (χ2n) is 7.78. The van der Waals surface area contributed by atoms with Crippen LogP contribution in [-0.2, 0) is 16.1 Å². The molecule has 0 aliphatic carbocycles. The van der Waals surface area contributed by atoms with Gasteiger partial charge in [0.05, 0.1) is 18.4 Å². The molecule has 0 bridgehead atoms. The highest BCUT2D eigenvalue weighted by Gasteiger charge is 2.18. The summed E-state index contributed by atoms with van der Waals surface area (Å²) < 4.78 is 23.2. The molecule has 1 aliphatic heterocycles. The molecule has 11 heteroatoms. The van der Waals surface area contributed by atoms with E-state index in [2.05, 4.69) is 15.5 Å². The number of carbonyl (C=O) groups excluding carboxylic acids is 2. The number of nitrogens with one attached hydrogen (secondary N) is 1. The third kappa shape index (κ3) is 5.67. The topological polar surface area (TPSA) is 114 Å². The highest BCUT2D eigenvalue weighted by Crippen LogP contribution is 2.35. The fraction of sp³-hybridized carbons (Fsp3) is 0.154. The summed E-state index contributed by atoms with van der Waals surface area (Å²) in [7, 11) is 1.32. The number of benzene rings is 3. The van der Waals surface area contributed by atoms with E-state index in [4.69, 9.17) is 18.9 Å². The van der Waals surface area contributed by atoms with Crippen LogP contribution in [0.15, 0.2) is 78.0 Å². The lowest BCUT2D eigenvalue weighted by molar-refractivity contribution is -0.113. The van der Waals surface area contributed by atoms with Crippen molar-refractivity contribution in [3.05, 3.63) is 84.2 Å². The van der Waals surface area contributed by atoms with E-state index in [0.717, 1.165) is 5.69 Å². The lowest BCUT2D eigenvalue weighted by atomic mass is 10.2. The average molecular weight is 519 g/mol. The first-order chi connectivity index (χ1) is 18.1. The molecule has 2 heterocycles. The van der Waals surface area contributed by atoms with Crippen molar-refractivity contribution in [2.75, 3.05) is 25.0 Å². The Hall–Kier alpha value is -4.51. The van der Waals surface area contributed by atoms with Crippen LogP contribution in [0.25, 0.3) is 5.69 Å². The standard InChI is InChI=1S/C26H22N4O6S/c1-33-25(32)17-7-9-18(10-8-17)27-24(31)15-37-26-29-28-23(30(26)19-5-3-2-4-6-19)14-34-20-11-12-21-22(13-20)36-16-35-21/h2-13H,14-16H2,1H3,(H,27,31). The predicted octanol–water partition coefficient (Wildman–Crippen LogP) is 4.09. The number of rotatable bonds is 9. The second-order valence-corrected chi connectivity index (χ2v) is 8.72. The van der Waals surface area contributed by atoms with Crippen molar-refractivity contribution < 1.29 is 28.5 Å². The van der Waals surface area contributed by atoms with Gasteiger partial charge in [-0.1, -0.05) is 30.0 Å². The van der Waals surface area contributed by atoms with Crippen molar-refractivity contribution in [1.29, 1.82) is 0 Å². The van der Waals surface area contributed by atoms with Crippen LogP contribution < -0.4 is 19.5 Å². The first kappa shape index (κ1) is 24.2. The number of hydrogen-bond acceptors (Lipinski definition) is 9. The number of aromatic nitrogens is 3. The number of para-hydroxylation sites is 1. The lowest BCUT2D eigenvalue weighted by Crippen LogP contribution is -2.15. The molecule has 0 radical (unpaired) electrons. The fourth-order valence-electron chi connectivity index (χ4n) is 3.57. The Bertz CT molecular complexity index is 1410. The third-order valence-corrected chi connectivity index (χ3v) is 6.28. The van der Waals surface area contributed by atoms with E-state index in [-0.39, 0.29) is 25.1 Å². The molecule has 0 atom stereocenters. The van der Waals surface area contributed by atoms with Crippen LogP contribution in [0.2, 0.25) is 0 Å². The van der Waals surface area contributed by atoms with Crippen molar-refractivity contribution in [2.45, 2.75) is 11.8 Å². The van der Waals surface area contributed by atoms with Gasteiger partial charge in [0.15, 0.2) is 22.5 Å². The van der Waals surface area contributed by atoms with Crippen molar-refractivity contribution >= 4 is 29.3 Å². The van der Waals surface area contributed by atoms with Crippen LogP contribution in [0.5, 0.6) is 17.2 Å². The van der Waals surface area contributed by atoms with E-state index in [1.807, 2.05) is 34.9 Å². The van der Waals surface area contributed by atoms with Gasteiger partial charge in [0.2, 0.25) is 12.7 Å². The predicted molar refractivity (Wildman–Crippen MR) is 135 cm³/mol. The molecule has 10 nitrogen and oxygen atoms in total. The largest absolute Gasteiger partial charge is 0.485 e. The molecule has 0 spiro atoms. The minimum atomic E-state index is -0.438. The van der Waals surface area contributed by atoms with E-state index >= 15 is 0 Å². The first-order valence-electron chi connectivity index (χ1n) is 11.2. The van der Waals surface area contributed by atoms with E-state index in [9.17, 15) is 9.59 Å². The van der Waals surface area contributed by atoms with E-state index < -0.39 is 5.97 Å². The van der Waals surface area contributed by atoms with E-state index in [1.165, 1.54) is 18.9 Å². The monoisotopic (exact) mass is 518 g/mol. The Morgan fingerprint density at radius 3 is 2.57 bits per heavy atom. The second kappa shape index (κ2) is 11.0. The summed E-state index contributed by atoms with van der Waals surface area (Å²) in [4.78, 5) is 24.2. The molecule has 37 heavy (non-hydrogen) atoms. The Morgan fingerprint density at radius 2 is 1.78 bits per heavy atom. The summed E-state index contributed by atoms with van der Waals surface area (Å²) in [5.41, 5.74) is 1.82. The minimum Gasteiger partial charge on any atom is -0.485 e. The molecule has 0 saturated heterocycles. The van der Waals surface area contributed by atoms with Crippen molar-refractivity contribution in [3.8, 4) is 22.9 Å². The SMILES string of the molecule is COC(=O)c1ccc(NC(=O)CSc2nnc(COc3ccc4c(c3)OCO4)n2-c2ccccc2)cc1. The maximum absolute atomic E-state index is 12.6. The summed E-state index contributed by atoms with van der Waals surface area (Å²) >= 11 is 1.25. The maximum atomic E-state index is 12.6. The summed E-state index contributed by atoms with van der Waals surface area (Å²) in [5.74, 6) is 1.93. The number of methoxy groups -OCH3 is 1. The summed E-state index contributed by atoms with van der Waals surface area (Å²) in [5, 5.41) is 12.0. The van der Waals surface area contributed by atoms with Crippen molar-refractivity contribution in [1.82, 2.24) is 14.8 Å². The lowest BCUT2D eigenvalue weighted by Gasteiger charge is -2.11. The Kier molecular flexibility index (Phi) is 7.22. The summed E-state index contributed by atoms with van der Waals surface area (Å²) in [6.45, 7) is 0.342. The van der Waals surface area contributed by atoms with Gasteiger partial charge in [-0.2, -0.15) is 0 Å². The zero-order valence-corrected chi connectivity index (χ0v) is 20.6. The van der Waals surface area contributed by atoms with Gasteiger partial charge in [0, 0.05) is 17.4 Å². The average Bonchev–Trinajstić information content (AvgIpc) is 3.57. The summed E-state index contributed by atoms with van der Waals surface area (Å²) in [6.07, 6.45) is 0. The van der Waals surface area contributed by atoms with Crippen LogP contribution in [0.3, 0.4) is 0 Å². The molecule has 5 rings (SSSR count). The van der Waals surface area contributed by atoms with Gasteiger partial charge in [0.25, 0.3) is 0 Å². The Labute approximate surface area is 216 Å². The van der Waals surface area contributed by atoms with Crippen LogP contribution in [-0.4, -0.2) is 46.3 Å². The minimum absolute atomic E-state index is 0.104. The molecular weight excluding hydrogens is 496 g/mol. The third-order valence-electron chi connectivity index (χ3n) is 5.35. The van der Waals surface area contributed by atoms with Gasteiger partial charge in [0.1, 0.15) is 12.4 Å². The number of ether oxygens (including phenoxy) is 4. The van der Waals surface area contributed by atoms with Crippen LogP contribution >= 0.6 is 11.8 Å². The Balaban J connectivity index is 1.27. The summed E-state index contributed by atoms with van der Waals surface area (Å²) in [6, 6.07) is 21.4. The highest BCUT2D eigenvalue weighted by molar-refractivity contribution is 7.99. The zero-order valence-electron chi connectivity index (χ0n) is 19.7. The van der Waals surface area contributed by atoms with Crippen LogP contribution in [0.4, 0.5) is 5.69 Å². The van der Waals surface area contributed by atoms with Crippen LogP contribution in [0.1, 0.15) is 16.2 Å². The van der Waals surface area contributed by atoms with Gasteiger partial charge in [-0.15, -0.1) is 10.2 Å². The first-order valence-corrected chi connectivity index (χ1v) is 12.2. The smallest absolute Gasteiger partial charge is 0.337 e. The molecule has 1 aliphatic rings. The number of fused-ring (bicyclic) bond motifs is 1. The highest BCUT2D eigenvalue weighted by atomic mass is 32.2. The molecule has 1 aromatic heterocycles. The van der Waals surface area contributed by atoms with Gasteiger partial charge in [-0.25, -0.2) is 4.79 Å². The molecule has 0 saturated carbocycles. The number of nitrogens with zero attached hydrogens (tertiary/aromatic N) is 3. The quantitative estimate of drug-likeness (QED) is 0.258.